The Balaban J connectivity index is 1.59. The van der Waals surface area contributed by atoms with Crippen LogP contribution in [0.4, 0.5) is 0 Å². The van der Waals surface area contributed by atoms with Crippen molar-refractivity contribution in [1.82, 2.24) is 0 Å². The lowest BCUT2D eigenvalue weighted by Gasteiger charge is -2.18. The van der Waals surface area contributed by atoms with E-state index in [1.54, 1.807) is 0 Å². The quantitative estimate of drug-likeness (QED) is 0.504. The normalized spacial score (nSPS) is 39.7. The first kappa shape index (κ1) is 9.68. The first-order chi connectivity index (χ1) is 6.25. The van der Waals surface area contributed by atoms with Crippen LogP contribution in [0.5, 0.6) is 0 Å². The molecule has 1 heterocycles. The summed E-state index contributed by atoms with van der Waals surface area (Å²) in [6.45, 7) is 1.90. The number of epoxide rings is 1. The van der Waals surface area contributed by atoms with Gasteiger partial charge in [0.05, 0.1) is 12.2 Å². The Morgan fingerprint density at radius 3 is 2.92 bits per heavy atom. The van der Waals surface area contributed by atoms with Gasteiger partial charge in [-0.25, -0.2) is 0 Å². The molecule has 0 spiro atoms. The average Bonchev–Trinajstić information content (AvgIpc) is 2.81. The summed E-state index contributed by atoms with van der Waals surface area (Å²) in [7, 11) is -1.53. The van der Waals surface area contributed by atoms with Crippen molar-refractivity contribution in [1.29, 1.82) is 0 Å². The zero-order valence-corrected chi connectivity index (χ0v) is 9.52. The lowest BCUT2D eigenvalue weighted by molar-refractivity contribution is 0.348. The van der Waals surface area contributed by atoms with E-state index in [0.29, 0.717) is 12.2 Å². The molecule has 3 heteroatoms. The molecule has 1 saturated heterocycles. The van der Waals surface area contributed by atoms with Gasteiger partial charge in [-0.15, -0.1) is 0 Å². The maximum absolute atomic E-state index is 11.0. The predicted octanol–water partition coefficient (Wildman–Crippen LogP) is 2.12. The SMILES string of the molecule is C[SiH]([O])CCCC1CCC2OC2C1. The maximum atomic E-state index is 11.0. The van der Waals surface area contributed by atoms with Crippen molar-refractivity contribution < 1.29 is 9.53 Å². The van der Waals surface area contributed by atoms with Gasteiger partial charge in [-0.1, -0.05) is 12.8 Å². The molecule has 4 atom stereocenters. The van der Waals surface area contributed by atoms with Crippen molar-refractivity contribution >= 4 is 9.04 Å². The molecule has 0 aromatic carbocycles. The van der Waals surface area contributed by atoms with Gasteiger partial charge in [0, 0.05) is 0 Å². The second-order valence-electron chi connectivity index (χ2n) is 4.63. The van der Waals surface area contributed by atoms with Crippen LogP contribution < -0.4 is 0 Å². The molecule has 1 aliphatic carbocycles. The molecule has 2 aliphatic rings. The summed E-state index contributed by atoms with van der Waals surface area (Å²) in [5.41, 5.74) is 0. The third-order valence-corrected chi connectivity index (χ3v) is 4.56. The second-order valence-corrected chi connectivity index (χ2v) is 6.83. The van der Waals surface area contributed by atoms with Crippen molar-refractivity contribution in [2.24, 2.45) is 5.92 Å². The highest BCUT2D eigenvalue weighted by atomic mass is 28.3. The minimum atomic E-state index is -1.53. The van der Waals surface area contributed by atoms with Crippen molar-refractivity contribution in [3.63, 3.8) is 0 Å². The number of fused-ring (bicyclic) bond motifs is 1. The summed E-state index contributed by atoms with van der Waals surface area (Å²) in [4.78, 5) is 11.0. The standard InChI is InChI=1S/C10H19O2Si/c1-13(11)6-2-3-8-4-5-9-10(7-8)12-9/h8-10,13H,2-7H2,1H3. The summed E-state index contributed by atoms with van der Waals surface area (Å²) in [6.07, 6.45) is 7.60. The van der Waals surface area contributed by atoms with Gasteiger partial charge in [0.15, 0.2) is 0 Å². The molecule has 0 bridgehead atoms. The van der Waals surface area contributed by atoms with E-state index in [-0.39, 0.29) is 0 Å². The van der Waals surface area contributed by atoms with Gasteiger partial charge in [0.2, 0.25) is 9.04 Å². The van der Waals surface area contributed by atoms with Crippen molar-refractivity contribution in [2.75, 3.05) is 0 Å². The minimum absolute atomic E-state index is 0.612. The summed E-state index contributed by atoms with van der Waals surface area (Å²) >= 11 is 0. The molecule has 1 saturated carbocycles. The Hall–Kier alpha value is 0.137. The third kappa shape index (κ3) is 2.79. The fraction of sp³-hybridized carbons (Fsp3) is 1.00. The van der Waals surface area contributed by atoms with Crippen molar-refractivity contribution in [3.05, 3.63) is 0 Å². The highest BCUT2D eigenvalue weighted by molar-refractivity contribution is 6.48. The van der Waals surface area contributed by atoms with Crippen LogP contribution in [-0.2, 0) is 9.53 Å². The number of hydrogen-bond donors (Lipinski definition) is 0. The highest BCUT2D eigenvalue weighted by Gasteiger charge is 2.43. The Bertz CT molecular complexity index is 172. The van der Waals surface area contributed by atoms with E-state index in [1.807, 2.05) is 6.55 Å². The second kappa shape index (κ2) is 4.11. The van der Waals surface area contributed by atoms with Gasteiger partial charge in [0.25, 0.3) is 0 Å². The van der Waals surface area contributed by atoms with E-state index < -0.39 is 9.04 Å². The Morgan fingerprint density at radius 2 is 2.23 bits per heavy atom. The van der Waals surface area contributed by atoms with Gasteiger partial charge < -0.3 is 9.53 Å². The molecule has 0 N–H and O–H groups in total. The fourth-order valence-corrected chi connectivity index (χ4v) is 3.25. The van der Waals surface area contributed by atoms with E-state index in [4.69, 9.17) is 4.74 Å². The monoisotopic (exact) mass is 199 g/mol. The Labute approximate surface area is 82.0 Å². The summed E-state index contributed by atoms with van der Waals surface area (Å²) in [5.74, 6) is 0.872. The van der Waals surface area contributed by atoms with Gasteiger partial charge in [0.1, 0.15) is 0 Å². The van der Waals surface area contributed by atoms with Crippen LogP contribution in [0.2, 0.25) is 12.6 Å². The predicted molar refractivity (Wildman–Crippen MR) is 53.7 cm³/mol. The molecular formula is C10H19O2Si. The largest absolute Gasteiger partial charge is 0.370 e. The lowest BCUT2D eigenvalue weighted by atomic mass is 9.86. The van der Waals surface area contributed by atoms with Crippen LogP contribution >= 0.6 is 0 Å². The highest BCUT2D eigenvalue weighted by Crippen LogP contribution is 2.41. The minimum Gasteiger partial charge on any atom is -0.370 e. The lowest BCUT2D eigenvalue weighted by Crippen LogP contribution is -2.14. The van der Waals surface area contributed by atoms with Gasteiger partial charge in [-0.05, 0) is 37.8 Å². The van der Waals surface area contributed by atoms with Gasteiger partial charge in [-0.2, -0.15) is 0 Å². The molecule has 2 rings (SSSR count). The molecule has 1 aliphatic heterocycles. The summed E-state index contributed by atoms with van der Waals surface area (Å²) in [6, 6.07) is 0.992. The molecule has 0 aromatic rings. The first-order valence-electron chi connectivity index (χ1n) is 5.57. The molecule has 2 nitrogen and oxygen atoms in total. The molecule has 75 valence electrons. The Kier molecular flexibility index (Phi) is 3.06. The summed E-state index contributed by atoms with van der Waals surface area (Å²) < 4.78 is 5.48. The molecule has 0 aromatic heterocycles. The van der Waals surface area contributed by atoms with E-state index in [2.05, 4.69) is 0 Å². The number of hydrogen-bond acceptors (Lipinski definition) is 1. The molecule has 1 radical (unpaired) electrons. The maximum Gasteiger partial charge on any atom is 0.219 e. The van der Waals surface area contributed by atoms with E-state index >= 15 is 0 Å². The zero-order valence-electron chi connectivity index (χ0n) is 8.37. The molecule has 0 amide bonds. The zero-order chi connectivity index (χ0) is 9.26. The third-order valence-electron chi connectivity index (χ3n) is 3.34. The fourth-order valence-electron chi connectivity index (χ4n) is 2.44. The van der Waals surface area contributed by atoms with Crippen molar-refractivity contribution in [2.45, 2.75) is 56.9 Å². The number of rotatable bonds is 4. The molecule has 13 heavy (non-hydrogen) atoms. The van der Waals surface area contributed by atoms with Crippen LogP contribution in [-0.4, -0.2) is 21.2 Å². The summed E-state index contributed by atoms with van der Waals surface area (Å²) in [5, 5.41) is 0. The van der Waals surface area contributed by atoms with Crippen molar-refractivity contribution in [3.8, 4) is 0 Å². The van der Waals surface area contributed by atoms with Crippen LogP contribution in [0.25, 0.3) is 0 Å². The van der Waals surface area contributed by atoms with Crippen LogP contribution in [0.15, 0.2) is 0 Å². The van der Waals surface area contributed by atoms with E-state index in [1.165, 1.54) is 32.1 Å². The molecule has 2 fully saturated rings. The van der Waals surface area contributed by atoms with E-state index in [9.17, 15) is 4.80 Å². The van der Waals surface area contributed by atoms with E-state index in [0.717, 1.165) is 12.0 Å². The van der Waals surface area contributed by atoms with Crippen LogP contribution in [0.1, 0.15) is 32.1 Å². The average molecular weight is 199 g/mol. The topological polar surface area (TPSA) is 32.4 Å². The van der Waals surface area contributed by atoms with Crippen LogP contribution in [0, 0.1) is 5.92 Å². The smallest absolute Gasteiger partial charge is 0.219 e. The molecular weight excluding hydrogens is 180 g/mol. The Morgan fingerprint density at radius 1 is 1.38 bits per heavy atom. The van der Waals surface area contributed by atoms with Gasteiger partial charge in [-0.3, -0.25) is 0 Å². The molecule has 4 unspecified atom stereocenters. The van der Waals surface area contributed by atoms with Gasteiger partial charge >= 0.3 is 0 Å². The number of ether oxygens (including phenoxy) is 1. The van der Waals surface area contributed by atoms with Crippen LogP contribution in [0.3, 0.4) is 0 Å². The first-order valence-corrected chi connectivity index (χ1v) is 8.01.